The third-order valence-corrected chi connectivity index (χ3v) is 5.94. The van der Waals surface area contributed by atoms with Crippen molar-refractivity contribution < 1.29 is 9.53 Å². The Bertz CT molecular complexity index is 682. The lowest BCUT2D eigenvalue weighted by Crippen LogP contribution is -2.35. The van der Waals surface area contributed by atoms with E-state index in [1.807, 2.05) is 0 Å². The maximum Gasteiger partial charge on any atom is 0.257 e. The first kappa shape index (κ1) is 15.2. The van der Waals surface area contributed by atoms with Gasteiger partial charge in [0.15, 0.2) is 5.16 Å². The summed E-state index contributed by atoms with van der Waals surface area (Å²) in [6, 6.07) is -0.0783. The van der Waals surface area contributed by atoms with Crippen LogP contribution in [0.15, 0.2) is 9.95 Å². The molecule has 3 aliphatic rings. The van der Waals surface area contributed by atoms with Crippen LogP contribution >= 0.6 is 11.8 Å². The van der Waals surface area contributed by atoms with Crippen LogP contribution in [0.2, 0.25) is 0 Å². The van der Waals surface area contributed by atoms with E-state index in [4.69, 9.17) is 4.74 Å². The molecule has 1 amide bonds. The molecule has 3 heterocycles. The van der Waals surface area contributed by atoms with E-state index in [0.717, 1.165) is 60.9 Å². The molecule has 0 radical (unpaired) electrons. The van der Waals surface area contributed by atoms with Crippen molar-refractivity contribution in [2.24, 2.45) is 0 Å². The average molecular weight is 335 g/mol. The second-order valence-corrected chi connectivity index (χ2v) is 7.44. The smallest absolute Gasteiger partial charge is 0.257 e. The maximum atomic E-state index is 12.7. The van der Waals surface area contributed by atoms with Crippen molar-refractivity contribution in [1.29, 1.82) is 0 Å². The van der Waals surface area contributed by atoms with E-state index in [0.29, 0.717) is 13.0 Å². The molecule has 0 bridgehead atoms. The second-order valence-electron chi connectivity index (χ2n) is 6.46. The molecule has 6 nitrogen and oxygen atoms in total. The van der Waals surface area contributed by atoms with Crippen LogP contribution in [0, 0.1) is 0 Å². The predicted molar refractivity (Wildman–Crippen MR) is 86.9 cm³/mol. The zero-order valence-corrected chi connectivity index (χ0v) is 13.9. The van der Waals surface area contributed by atoms with Crippen LogP contribution in [0.25, 0.3) is 0 Å². The Kier molecular flexibility index (Phi) is 4.15. The molecule has 0 aromatic carbocycles. The molecular weight excluding hydrogens is 314 g/mol. The van der Waals surface area contributed by atoms with Crippen molar-refractivity contribution in [1.82, 2.24) is 14.9 Å². The van der Waals surface area contributed by atoms with Gasteiger partial charge in [-0.3, -0.25) is 14.2 Å². The van der Waals surface area contributed by atoms with E-state index in [-0.39, 0.29) is 23.6 Å². The van der Waals surface area contributed by atoms with Gasteiger partial charge in [-0.2, -0.15) is 0 Å². The number of thioether (sulfide) groups is 1. The molecule has 1 saturated heterocycles. The van der Waals surface area contributed by atoms with Crippen molar-refractivity contribution in [2.45, 2.75) is 55.8 Å². The van der Waals surface area contributed by atoms with Crippen LogP contribution < -0.4 is 10.9 Å². The molecule has 0 unspecified atom stereocenters. The molecule has 23 heavy (non-hydrogen) atoms. The van der Waals surface area contributed by atoms with E-state index in [9.17, 15) is 9.59 Å². The number of ether oxygens (including phenoxy) is 1. The fourth-order valence-corrected chi connectivity index (χ4v) is 4.78. The van der Waals surface area contributed by atoms with Gasteiger partial charge >= 0.3 is 0 Å². The zero-order chi connectivity index (χ0) is 15.8. The van der Waals surface area contributed by atoms with Crippen molar-refractivity contribution >= 4 is 17.7 Å². The fraction of sp³-hybridized carbons (Fsp3) is 0.688. The number of nitrogens with one attached hydrogen (secondary N) is 1. The van der Waals surface area contributed by atoms with E-state index in [1.165, 1.54) is 0 Å². The summed E-state index contributed by atoms with van der Waals surface area (Å²) in [5.74, 6) is 0.740. The van der Waals surface area contributed by atoms with Gasteiger partial charge < -0.3 is 10.1 Å². The highest BCUT2D eigenvalue weighted by atomic mass is 32.2. The first-order chi connectivity index (χ1) is 11.2. The molecular formula is C16H21N3O3S. The van der Waals surface area contributed by atoms with Crippen LogP contribution in [0.3, 0.4) is 0 Å². The van der Waals surface area contributed by atoms with Crippen LogP contribution in [0.4, 0.5) is 0 Å². The number of aromatic nitrogens is 2. The van der Waals surface area contributed by atoms with Crippen LogP contribution in [-0.4, -0.2) is 40.5 Å². The Morgan fingerprint density at radius 2 is 2.30 bits per heavy atom. The van der Waals surface area contributed by atoms with Gasteiger partial charge in [-0.1, -0.05) is 11.8 Å². The lowest BCUT2D eigenvalue weighted by atomic mass is 10.2. The summed E-state index contributed by atoms with van der Waals surface area (Å²) in [7, 11) is 0. The third-order valence-electron chi connectivity index (χ3n) is 4.84. The van der Waals surface area contributed by atoms with Crippen LogP contribution in [0.5, 0.6) is 0 Å². The number of nitrogens with zero attached hydrogens (tertiary/aromatic N) is 2. The molecule has 2 atom stereocenters. The van der Waals surface area contributed by atoms with Gasteiger partial charge in [0.2, 0.25) is 5.91 Å². The number of hydrogen-bond acceptors (Lipinski definition) is 5. The molecule has 1 fully saturated rings. The standard InChI is InChI=1S/C16H21N3O3S/c20-14(17-8-11-3-2-6-22-11)7-10-9-23-16-18-13-5-1-4-12(13)15(21)19(10)16/h10-11H,1-9H2,(H,17,20)/t10-,11-/m0/s1. The number of hydrogen-bond donors (Lipinski definition) is 1. The Balaban J connectivity index is 1.44. The van der Waals surface area contributed by atoms with E-state index in [1.54, 1.807) is 16.3 Å². The Hall–Kier alpha value is -1.34. The lowest BCUT2D eigenvalue weighted by molar-refractivity contribution is -0.122. The summed E-state index contributed by atoms with van der Waals surface area (Å²) in [4.78, 5) is 29.5. The molecule has 1 aromatic rings. The van der Waals surface area contributed by atoms with Crippen LogP contribution in [0.1, 0.15) is 43.0 Å². The van der Waals surface area contributed by atoms with Gasteiger partial charge in [-0.05, 0) is 32.1 Å². The van der Waals surface area contributed by atoms with Crippen LogP contribution in [-0.2, 0) is 22.4 Å². The Morgan fingerprint density at radius 3 is 3.13 bits per heavy atom. The first-order valence-corrected chi connectivity index (χ1v) is 9.36. The summed E-state index contributed by atoms with van der Waals surface area (Å²) < 4.78 is 7.27. The molecule has 0 saturated carbocycles. The molecule has 0 spiro atoms. The third kappa shape index (κ3) is 2.92. The van der Waals surface area contributed by atoms with E-state index in [2.05, 4.69) is 10.3 Å². The summed E-state index contributed by atoms with van der Waals surface area (Å²) in [5, 5.41) is 3.73. The van der Waals surface area contributed by atoms with Gasteiger partial charge in [-0.15, -0.1) is 0 Å². The molecule has 124 valence electrons. The monoisotopic (exact) mass is 335 g/mol. The number of fused-ring (bicyclic) bond motifs is 2. The summed E-state index contributed by atoms with van der Waals surface area (Å²) >= 11 is 1.59. The number of amides is 1. The number of carbonyl (C=O) groups excluding carboxylic acids is 1. The minimum absolute atomic E-state index is 0.00801. The molecule has 1 aromatic heterocycles. The fourth-order valence-electron chi connectivity index (χ4n) is 3.62. The molecule has 4 rings (SSSR count). The predicted octanol–water partition coefficient (Wildman–Crippen LogP) is 1.06. The van der Waals surface area contributed by atoms with Gasteiger partial charge in [0.05, 0.1) is 17.8 Å². The highest BCUT2D eigenvalue weighted by Gasteiger charge is 2.31. The summed E-state index contributed by atoms with van der Waals surface area (Å²) in [6.45, 7) is 1.36. The molecule has 1 aliphatic carbocycles. The minimum atomic E-state index is -0.0783. The lowest BCUT2D eigenvalue weighted by Gasteiger charge is -2.15. The highest BCUT2D eigenvalue weighted by molar-refractivity contribution is 7.99. The SMILES string of the molecule is O=C(C[C@H]1CSc2nc3c(c(=O)n21)CCC3)NC[C@@H]1CCCO1. The van der Waals surface area contributed by atoms with Gasteiger partial charge in [-0.25, -0.2) is 4.98 Å². The Morgan fingerprint density at radius 1 is 1.39 bits per heavy atom. The van der Waals surface area contributed by atoms with Gasteiger partial charge in [0.25, 0.3) is 5.56 Å². The summed E-state index contributed by atoms with van der Waals surface area (Å²) in [5.41, 5.74) is 1.91. The summed E-state index contributed by atoms with van der Waals surface area (Å²) in [6.07, 6.45) is 5.31. The van der Waals surface area contributed by atoms with Gasteiger partial charge in [0, 0.05) is 30.9 Å². The van der Waals surface area contributed by atoms with Crippen molar-refractivity contribution in [3.63, 3.8) is 0 Å². The zero-order valence-electron chi connectivity index (χ0n) is 13.0. The topological polar surface area (TPSA) is 73.2 Å². The quantitative estimate of drug-likeness (QED) is 0.833. The molecule has 1 N–H and O–H groups in total. The normalized spacial score (nSPS) is 25.4. The average Bonchev–Trinajstić information content (AvgIpc) is 3.26. The molecule has 2 aliphatic heterocycles. The number of rotatable bonds is 4. The largest absolute Gasteiger partial charge is 0.376 e. The number of aryl methyl sites for hydroxylation is 1. The first-order valence-electron chi connectivity index (χ1n) is 8.38. The minimum Gasteiger partial charge on any atom is -0.376 e. The van der Waals surface area contributed by atoms with Gasteiger partial charge in [0.1, 0.15) is 0 Å². The highest BCUT2D eigenvalue weighted by Crippen LogP contribution is 2.33. The number of carbonyl (C=O) groups is 1. The Labute approximate surface area is 139 Å². The van der Waals surface area contributed by atoms with E-state index >= 15 is 0 Å². The molecule has 7 heteroatoms. The van der Waals surface area contributed by atoms with Crippen molar-refractivity contribution in [3.8, 4) is 0 Å². The maximum absolute atomic E-state index is 12.7. The van der Waals surface area contributed by atoms with E-state index < -0.39 is 0 Å². The van der Waals surface area contributed by atoms with Crippen molar-refractivity contribution in [3.05, 3.63) is 21.6 Å². The van der Waals surface area contributed by atoms with Crippen molar-refractivity contribution in [2.75, 3.05) is 18.9 Å². The second kappa shape index (κ2) is 6.28.